The fourth-order valence-corrected chi connectivity index (χ4v) is 3.21. The summed E-state index contributed by atoms with van der Waals surface area (Å²) in [6, 6.07) is 1.84. The molecule has 126 valence electrons. The van der Waals surface area contributed by atoms with E-state index in [1.807, 2.05) is 0 Å². The topological polar surface area (TPSA) is 60.2 Å². The van der Waals surface area contributed by atoms with Crippen molar-refractivity contribution in [3.05, 3.63) is 35.1 Å². The molecular weight excluding hydrogens is 316 g/mol. The monoisotopic (exact) mass is 333 g/mol. The van der Waals surface area contributed by atoms with Gasteiger partial charge in [-0.3, -0.25) is 4.79 Å². The molecule has 1 aromatic rings. The van der Waals surface area contributed by atoms with Gasteiger partial charge in [0.25, 0.3) is 5.91 Å². The van der Waals surface area contributed by atoms with E-state index in [0.29, 0.717) is 6.07 Å². The molecule has 1 saturated heterocycles. The van der Waals surface area contributed by atoms with Gasteiger partial charge in [-0.2, -0.15) is 13.2 Å². The summed E-state index contributed by atoms with van der Waals surface area (Å²) in [7, 11) is 0. The molecule has 23 heavy (non-hydrogen) atoms. The number of likely N-dealkylation sites (tertiary alicyclic amines) is 1. The number of halogens is 4. The first-order valence-corrected chi connectivity index (χ1v) is 7.17. The van der Waals surface area contributed by atoms with Crippen LogP contribution in [0.15, 0.2) is 18.2 Å². The zero-order chi connectivity index (χ0) is 17.4. The van der Waals surface area contributed by atoms with E-state index in [9.17, 15) is 27.2 Å². The van der Waals surface area contributed by atoms with Gasteiger partial charge in [0.05, 0.1) is 18.5 Å². The van der Waals surface area contributed by atoms with E-state index in [0.717, 1.165) is 6.07 Å². The minimum atomic E-state index is -4.82. The number of likely N-dealkylation sites (N-methyl/N-ethyl adjacent to an activating group) is 1. The molecular formula is C15H17F4N2O2+. The molecule has 0 radical (unpaired) electrons. The zero-order valence-electron chi connectivity index (χ0n) is 12.5. The van der Waals surface area contributed by atoms with Crippen molar-refractivity contribution in [3.8, 4) is 0 Å². The molecule has 1 fully saturated rings. The Bertz CT molecular complexity index is 645. The fourth-order valence-electron chi connectivity index (χ4n) is 3.21. The Morgan fingerprint density at radius 1 is 1.39 bits per heavy atom. The number of nitrogens with zero attached hydrogens (tertiary/aromatic N) is 1. The van der Waals surface area contributed by atoms with Crippen LogP contribution >= 0.6 is 0 Å². The second kappa shape index (κ2) is 5.92. The highest BCUT2D eigenvalue weighted by molar-refractivity contribution is 5.84. The Balaban J connectivity index is 2.43. The zero-order valence-corrected chi connectivity index (χ0v) is 12.5. The van der Waals surface area contributed by atoms with E-state index in [-0.39, 0.29) is 41.9 Å². The summed E-state index contributed by atoms with van der Waals surface area (Å²) in [6.45, 7) is 1.78. The second-order valence-electron chi connectivity index (χ2n) is 5.67. The first-order chi connectivity index (χ1) is 10.6. The number of primary amides is 1. The van der Waals surface area contributed by atoms with E-state index < -0.39 is 29.5 Å². The average Bonchev–Trinajstić information content (AvgIpc) is 2.77. The number of rotatable bonds is 4. The van der Waals surface area contributed by atoms with Crippen LogP contribution in [0.3, 0.4) is 0 Å². The van der Waals surface area contributed by atoms with Crippen LogP contribution in [0.25, 0.3) is 0 Å². The van der Waals surface area contributed by atoms with Gasteiger partial charge in [-0.1, -0.05) is 6.07 Å². The van der Waals surface area contributed by atoms with Crippen LogP contribution in [0.2, 0.25) is 0 Å². The third-order valence-corrected chi connectivity index (χ3v) is 4.42. The number of benzene rings is 1. The van der Waals surface area contributed by atoms with Gasteiger partial charge in [-0.15, -0.1) is 0 Å². The smallest absolute Gasteiger partial charge is 0.364 e. The van der Waals surface area contributed by atoms with E-state index >= 15 is 0 Å². The molecule has 1 aromatic carbocycles. The van der Waals surface area contributed by atoms with Gasteiger partial charge in [-0.25, -0.2) is 13.7 Å². The van der Waals surface area contributed by atoms with Crippen LogP contribution in [0, 0.1) is 5.82 Å². The maximum Gasteiger partial charge on any atom is 0.419 e. The van der Waals surface area contributed by atoms with Crippen molar-refractivity contribution >= 4 is 11.8 Å². The van der Waals surface area contributed by atoms with Crippen LogP contribution in [-0.2, 0) is 22.3 Å². The first-order valence-electron chi connectivity index (χ1n) is 7.17. The van der Waals surface area contributed by atoms with Gasteiger partial charge in [0.1, 0.15) is 12.4 Å². The molecule has 0 aromatic heterocycles. The van der Waals surface area contributed by atoms with Crippen molar-refractivity contribution in [1.29, 1.82) is 0 Å². The van der Waals surface area contributed by atoms with Crippen LogP contribution in [0.4, 0.5) is 17.6 Å². The molecule has 0 aliphatic carbocycles. The number of hydrogen-bond acceptors (Lipinski definition) is 2. The summed E-state index contributed by atoms with van der Waals surface area (Å²) in [6.07, 6.45) is -4.40. The molecule has 1 aliphatic rings. The largest absolute Gasteiger partial charge is 0.419 e. The lowest BCUT2D eigenvalue weighted by Crippen LogP contribution is -2.58. The molecule has 2 rings (SSSR count). The molecule has 2 amide bonds. The van der Waals surface area contributed by atoms with Crippen molar-refractivity contribution in [2.24, 2.45) is 5.73 Å². The third-order valence-electron chi connectivity index (χ3n) is 4.42. The van der Waals surface area contributed by atoms with Gasteiger partial charge in [0.15, 0.2) is 6.04 Å². The molecule has 1 aliphatic heterocycles. The molecule has 0 bridgehead atoms. The molecule has 1 heterocycles. The van der Waals surface area contributed by atoms with Gasteiger partial charge < -0.3 is 5.73 Å². The standard InChI is InChI=1S/C15H16F4N2O2/c1-2-21(12(14(20)23)5-6-13(21)22)8-9-3-4-11(16)10(7-9)15(17,18)19/h3-4,7,12H,2,5-6,8H2,1H3,(H-,20,23)/p+1/t12-,21?/m0/s1. The van der Waals surface area contributed by atoms with E-state index in [1.165, 1.54) is 6.07 Å². The maximum absolute atomic E-state index is 13.4. The van der Waals surface area contributed by atoms with Crippen LogP contribution < -0.4 is 5.73 Å². The molecule has 8 heteroatoms. The van der Waals surface area contributed by atoms with Gasteiger partial charge in [0.2, 0.25) is 0 Å². The Hall–Kier alpha value is -1.96. The third kappa shape index (κ3) is 3.08. The summed E-state index contributed by atoms with van der Waals surface area (Å²) in [5, 5.41) is 0. The van der Waals surface area contributed by atoms with Crippen molar-refractivity contribution in [2.45, 2.75) is 38.5 Å². The second-order valence-corrected chi connectivity index (χ2v) is 5.67. The summed E-state index contributed by atoms with van der Waals surface area (Å²) < 4.78 is 51.5. The Kier molecular flexibility index (Phi) is 4.48. The number of amides is 2. The van der Waals surface area contributed by atoms with Crippen LogP contribution in [-0.4, -0.2) is 28.9 Å². The highest BCUT2D eigenvalue weighted by Gasteiger charge is 2.51. The minimum Gasteiger partial charge on any atom is -0.364 e. The highest BCUT2D eigenvalue weighted by atomic mass is 19.4. The highest BCUT2D eigenvalue weighted by Crippen LogP contribution is 2.35. The quantitative estimate of drug-likeness (QED) is 0.679. The van der Waals surface area contributed by atoms with E-state index in [4.69, 9.17) is 5.73 Å². The maximum atomic E-state index is 13.4. The lowest BCUT2D eigenvalue weighted by molar-refractivity contribution is -0.873. The Labute approximate surface area is 130 Å². The molecule has 2 atom stereocenters. The molecule has 0 spiro atoms. The minimum absolute atomic E-state index is 0.119. The molecule has 0 saturated carbocycles. The number of nitrogens with two attached hydrogens (primary N) is 1. The van der Waals surface area contributed by atoms with Crippen molar-refractivity contribution in [1.82, 2.24) is 0 Å². The summed E-state index contributed by atoms with van der Waals surface area (Å²) >= 11 is 0. The number of quaternary nitrogens is 1. The van der Waals surface area contributed by atoms with Crippen molar-refractivity contribution < 1.29 is 31.6 Å². The predicted octanol–water partition coefficient (Wildman–Crippen LogP) is 2.36. The Morgan fingerprint density at radius 3 is 2.57 bits per heavy atom. The normalized spacial score (nSPS) is 24.9. The lowest BCUT2D eigenvalue weighted by atomic mass is 10.1. The predicted molar refractivity (Wildman–Crippen MR) is 73.1 cm³/mol. The Morgan fingerprint density at radius 2 is 2.04 bits per heavy atom. The summed E-state index contributed by atoms with van der Waals surface area (Å²) in [4.78, 5) is 23.9. The number of carbonyl (C=O) groups is 2. The first kappa shape index (κ1) is 17.4. The lowest BCUT2D eigenvalue weighted by Gasteiger charge is -2.35. The summed E-state index contributed by atoms with van der Waals surface area (Å²) in [5.41, 5.74) is 4.10. The van der Waals surface area contributed by atoms with Gasteiger partial charge >= 0.3 is 12.1 Å². The number of carbonyl (C=O) groups excluding carboxylic acids is 2. The van der Waals surface area contributed by atoms with Crippen molar-refractivity contribution in [3.63, 3.8) is 0 Å². The summed E-state index contributed by atoms with van der Waals surface area (Å²) in [5.74, 6) is -2.27. The van der Waals surface area contributed by atoms with Crippen LogP contribution in [0.5, 0.6) is 0 Å². The number of alkyl halides is 3. The van der Waals surface area contributed by atoms with E-state index in [2.05, 4.69) is 0 Å². The van der Waals surface area contributed by atoms with Gasteiger partial charge in [-0.05, 0) is 19.1 Å². The molecule has 1 unspecified atom stereocenters. The number of hydrogen-bond donors (Lipinski definition) is 1. The van der Waals surface area contributed by atoms with Crippen molar-refractivity contribution in [2.75, 3.05) is 6.54 Å². The molecule has 2 N–H and O–H groups in total. The van der Waals surface area contributed by atoms with Gasteiger partial charge in [0, 0.05) is 12.0 Å². The average molecular weight is 333 g/mol. The SMILES string of the molecule is CC[N+]1(Cc2ccc(F)c(C(F)(F)F)c2)C(=O)CC[C@H]1C(N)=O. The fraction of sp³-hybridized carbons (Fsp3) is 0.467. The van der Waals surface area contributed by atoms with Crippen LogP contribution in [0.1, 0.15) is 30.9 Å². The van der Waals surface area contributed by atoms with E-state index in [1.54, 1.807) is 6.92 Å². The molecule has 4 nitrogen and oxygen atoms in total.